The van der Waals surface area contributed by atoms with Crippen molar-refractivity contribution >= 4 is 11.8 Å². The number of likely N-dealkylation sites (tertiary alicyclic amines) is 1. The van der Waals surface area contributed by atoms with E-state index in [0.717, 1.165) is 18.5 Å². The molecule has 0 radical (unpaired) electrons. The first-order valence-corrected chi connectivity index (χ1v) is 8.97. The van der Waals surface area contributed by atoms with Crippen LogP contribution in [0.3, 0.4) is 0 Å². The Kier molecular flexibility index (Phi) is 5.37. The zero-order valence-corrected chi connectivity index (χ0v) is 14.4. The molecule has 2 amide bonds. The van der Waals surface area contributed by atoms with Gasteiger partial charge in [-0.25, -0.2) is 4.39 Å². The van der Waals surface area contributed by atoms with Crippen LogP contribution < -0.4 is 11.1 Å². The number of benzene rings is 1. The summed E-state index contributed by atoms with van der Waals surface area (Å²) in [5.74, 6) is 0.0547. The highest BCUT2D eigenvalue weighted by atomic mass is 19.1. The first kappa shape index (κ1) is 17.9. The van der Waals surface area contributed by atoms with Crippen molar-refractivity contribution in [2.45, 2.75) is 31.4 Å². The molecule has 2 aliphatic rings. The molecule has 5 nitrogen and oxygen atoms in total. The molecule has 6 heteroatoms. The summed E-state index contributed by atoms with van der Waals surface area (Å²) in [6.45, 7) is 1.94. The van der Waals surface area contributed by atoms with Gasteiger partial charge in [0.1, 0.15) is 5.67 Å². The SMILES string of the molecule is NCC1(F)CC(C(=O)NCC2CCN(C(=O)Cc3ccccc3)C2)C1. The number of alkyl halides is 1. The van der Waals surface area contributed by atoms with Crippen molar-refractivity contribution < 1.29 is 14.0 Å². The number of halogens is 1. The van der Waals surface area contributed by atoms with Gasteiger partial charge in [0.25, 0.3) is 0 Å². The lowest BCUT2D eigenvalue weighted by atomic mass is 9.72. The first-order valence-electron chi connectivity index (χ1n) is 8.97. The largest absolute Gasteiger partial charge is 0.356 e. The monoisotopic (exact) mass is 347 g/mol. The van der Waals surface area contributed by atoms with Crippen molar-refractivity contribution in [1.29, 1.82) is 0 Å². The minimum absolute atomic E-state index is 0.0160. The van der Waals surface area contributed by atoms with Gasteiger partial charge in [-0.2, -0.15) is 0 Å². The summed E-state index contributed by atoms with van der Waals surface area (Å²) in [5, 5.41) is 2.91. The van der Waals surface area contributed by atoms with Crippen molar-refractivity contribution in [2.24, 2.45) is 17.6 Å². The second kappa shape index (κ2) is 7.52. The molecule has 1 aliphatic heterocycles. The van der Waals surface area contributed by atoms with Gasteiger partial charge in [0.2, 0.25) is 11.8 Å². The van der Waals surface area contributed by atoms with Gasteiger partial charge in [-0.15, -0.1) is 0 Å². The Morgan fingerprint density at radius 2 is 2.00 bits per heavy atom. The van der Waals surface area contributed by atoms with Crippen LogP contribution in [0.25, 0.3) is 0 Å². The van der Waals surface area contributed by atoms with Crippen LogP contribution in [0.2, 0.25) is 0 Å². The molecule has 0 bridgehead atoms. The Bertz CT molecular complexity index is 616. The summed E-state index contributed by atoms with van der Waals surface area (Å²) in [7, 11) is 0. The minimum atomic E-state index is -1.35. The standard InChI is InChI=1S/C19H26FN3O2/c20-19(13-21)9-16(10-19)18(25)22-11-15-6-7-23(12-15)17(24)8-14-4-2-1-3-5-14/h1-5,15-16H,6-13,21H2,(H,22,25). The molecule has 2 fully saturated rings. The maximum absolute atomic E-state index is 13.8. The third-order valence-electron chi connectivity index (χ3n) is 5.36. The average Bonchev–Trinajstić information content (AvgIpc) is 3.07. The fourth-order valence-electron chi connectivity index (χ4n) is 3.67. The lowest BCUT2D eigenvalue weighted by Crippen LogP contribution is -2.51. The van der Waals surface area contributed by atoms with Crippen molar-refractivity contribution in [3.05, 3.63) is 35.9 Å². The molecule has 0 aromatic heterocycles. The number of nitrogens with one attached hydrogen (secondary N) is 1. The summed E-state index contributed by atoms with van der Waals surface area (Å²) in [4.78, 5) is 26.3. The number of rotatable bonds is 6. The Morgan fingerprint density at radius 3 is 2.68 bits per heavy atom. The van der Waals surface area contributed by atoms with Crippen molar-refractivity contribution in [3.8, 4) is 0 Å². The maximum atomic E-state index is 13.8. The van der Waals surface area contributed by atoms with Crippen LogP contribution in [0, 0.1) is 11.8 Å². The molecule has 3 N–H and O–H groups in total. The highest BCUT2D eigenvalue weighted by Crippen LogP contribution is 2.40. The van der Waals surface area contributed by atoms with Crippen molar-refractivity contribution in [2.75, 3.05) is 26.2 Å². The smallest absolute Gasteiger partial charge is 0.226 e. The molecule has 0 spiro atoms. The lowest BCUT2D eigenvalue weighted by molar-refractivity contribution is -0.133. The van der Waals surface area contributed by atoms with Crippen LogP contribution in [0.15, 0.2) is 30.3 Å². The topological polar surface area (TPSA) is 75.4 Å². The Labute approximate surface area is 147 Å². The molecular weight excluding hydrogens is 321 g/mol. The fourth-order valence-corrected chi connectivity index (χ4v) is 3.67. The van der Waals surface area contributed by atoms with Crippen LogP contribution in [0.5, 0.6) is 0 Å². The van der Waals surface area contributed by atoms with E-state index in [1.165, 1.54) is 0 Å². The molecule has 136 valence electrons. The highest BCUT2D eigenvalue weighted by Gasteiger charge is 2.47. The number of carbonyl (C=O) groups excluding carboxylic acids is 2. The van der Waals surface area contributed by atoms with Crippen LogP contribution in [-0.2, 0) is 16.0 Å². The third kappa shape index (κ3) is 4.37. The van der Waals surface area contributed by atoms with E-state index in [-0.39, 0.29) is 43.0 Å². The molecule has 1 heterocycles. The average molecular weight is 347 g/mol. The van der Waals surface area contributed by atoms with Crippen molar-refractivity contribution in [3.63, 3.8) is 0 Å². The van der Waals surface area contributed by atoms with Gasteiger partial charge in [0.05, 0.1) is 6.42 Å². The van der Waals surface area contributed by atoms with Gasteiger partial charge in [-0.05, 0) is 30.7 Å². The normalized spacial score (nSPS) is 28.5. The summed E-state index contributed by atoms with van der Waals surface area (Å²) in [6, 6.07) is 9.71. The lowest BCUT2D eigenvalue weighted by Gasteiger charge is -2.39. The van der Waals surface area contributed by atoms with E-state index in [9.17, 15) is 14.0 Å². The molecule has 3 rings (SSSR count). The Morgan fingerprint density at radius 1 is 1.28 bits per heavy atom. The fraction of sp³-hybridized carbons (Fsp3) is 0.579. The van der Waals surface area contributed by atoms with Gasteiger partial charge < -0.3 is 16.0 Å². The number of hydrogen-bond donors (Lipinski definition) is 2. The van der Waals surface area contributed by atoms with E-state index in [1.54, 1.807) is 0 Å². The highest BCUT2D eigenvalue weighted by molar-refractivity contribution is 5.80. The Balaban J connectivity index is 1.38. The molecule has 1 saturated carbocycles. The van der Waals surface area contributed by atoms with Crippen LogP contribution in [0.4, 0.5) is 4.39 Å². The van der Waals surface area contributed by atoms with E-state index >= 15 is 0 Å². The quantitative estimate of drug-likeness (QED) is 0.814. The summed E-state index contributed by atoms with van der Waals surface area (Å²) < 4.78 is 13.8. The minimum Gasteiger partial charge on any atom is -0.356 e. The van der Waals surface area contributed by atoms with Gasteiger partial charge in [-0.1, -0.05) is 30.3 Å². The van der Waals surface area contributed by atoms with Gasteiger partial charge in [0, 0.05) is 32.1 Å². The predicted octanol–water partition coefficient (Wildman–Crippen LogP) is 1.27. The van der Waals surface area contributed by atoms with Gasteiger partial charge >= 0.3 is 0 Å². The van der Waals surface area contributed by atoms with E-state index in [1.807, 2.05) is 35.2 Å². The van der Waals surface area contributed by atoms with Crippen molar-refractivity contribution in [1.82, 2.24) is 10.2 Å². The second-order valence-corrected chi connectivity index (χ2v) is 7.36. The molecule has 25 heavy (non-hydrogen) atoms. The first-order chi connectivity index (χ1) is 12.0. The second-order valence-electron chi connectivity index (χ2n) is 7.36. The van der Waals surface area contributed by atoms with Gasteiger partial charge in [0.15, 0.2) is 0 Å². The third-order valence-corrected chi connectivity index (χ3v) is 5.36. The van der Waals surface area contributed by atoms with Gasteiger partial charge in [-0.3, -0.25) is 9.59 Å². The maximum Gasteiger partial charge on any atom is 0.226 e. The zero-order valence-electron chi connectivity index (χ0n) is 14.4. The van der Waals surface area contributed by atoms with E-state index in [2.05, 4.69) is 5.32 Å². The molecular formula is C19H26FN3O2. The number of amides is 2. The van der Waals surface area contributed by atoms with E-state index in [0.29, 0.717) is 19.5 Å². The number of nitrogens with two attached hydrogens (primary N) is 1. The number of hydrogen-bond acceptors (Lipinski definition) is 3. The molecule has 1 unspecified atom stereocenters. The Hall–Kier alpha value is -1.95. The number of nitrogens with zero attached hydrogens (tertiary/aromatic N) is 1. The summed E-state index contributed by atoms with van der Waals surface area (Å²) in [6.07, 6.45) is 1.75. The van der Waals surface area contributed by atoms with E-state index in [4.69, 9.17) is 5.73 Å². The molecule has 1 aliphatic carbocycles. The predicted molar refractivity (Wildman–Crippen MR) is 93.5 cm³/mol. The van der Waals surface area contributed by atoms with Crippen LogP contribution >= 0.6 is 0 Å². The number of carbonyl (C=O) groups is 2. The summed E-state index contributed by atoms with van der Waals surface area (Å²) in [5.41, 5.74) is 5.02. The molecule has 1 aromatic rings. The summed E-state index contributed by atoms with van der Waals surface area (Å²) >= 11 is 0. The van der Waals surface area contributed by atoms with Crippen LogP contribution in [0.1, 0.15) is 24.8 Å². The zero-order chi connectivity index (χ0) is 17.9. The van der Waals surface area contributed by atoms with E-state index < -0.39 is 5.67 Å². The molecule has 1 aromatic carbocycles. The van der Waals surface area contributed by atoms with Crippen LogP contribution in [-0.4, -0.2) is 48.6 Å². The molecule has 1 atom stereocenters. The molecule has 1 saturated heterocycles.